The van der Waals surface area contributed by atoms with E-state index in [1.54, 1.807) is 6.07 Å². The van der Waals surface area contributed by atoms with Gasteiger partial charge in [-0.1, -0.05) is 11.6 Å². The zero-order valence-electron chi connectivity index (χ0n) is 8.92. The Morgan fingerprint density at radius 2 is 2.17 bits per heavy atom. The number of aromatic nitrogens is 2. The molecule has 18 heavy (non-hydrogen) atoms. The standard InChI is InChI=1S/C10H8BrClFN5/c11-6-4-15-10(18-14)17-9(6)16-5-1-2-8(13)7(12)3-5/h1-4H,14H2,(H2,15,16,17,18). The third-order valence-corrected chi connectivity index (χ3v) is 2.93. The van der Waals surface area contributed by atoms with Gasteiger partial charge < -0.3 is 5.32 Å². The number of nitrogen functional groups attached to an aromatic ring is 1. The Kier molecular flexibility index (Phi) is 3.95. The number of nitrogens with zero attached hydrogens (tertiary/aromatic N) is 2. The van der Waals surface area contributed by atoms with E-state index in [9.17, 15) is 4.39 Å². The van der Waals surface area contributed by atoms with Crippen molar-refractivity contribution in [1.29, 1.82) is 0 Å². The lowest BCUT2D eigenvalue weighted by Crippen LogP contribution is -2.11. The maximum Gasteiger partial charge on any atom is 0.239 e. The molecule has 0 atom stereocenters. The number of nitrogens with two attached hydrogens (primary N) is 1. The van der Waals surface area contributed by atoms with Crippen LogP contribution in [0.1, 0.15) is 0 Å². The molecule has 0 unspecified atom stereocenters. The van der Waals surface area contributed by atoms with Crippen molar-refractivity contribution < 1.29 is 4.39 Å². The lowest BCUT2D eigenvalue weighted by Gasteiger charge is -2.09. The second-order valence-corrected chi connectivity index (χ2v) is 4.55. The molecular weight excluding hydrogens is 324 g/mol. The maximum absolute atomic E-state index is 13.0. The summed E-state index contributed by atoms with van der Waals surface area (Å²) in [4.78, 5) is 8.01. The van der Waals surface area contributed by atoms with Gasteiger partial charge >= 0.3 is 0 Å². The molecule has 0 saturated carbocycles. The predicted molar refractivity (Wildman–Crippen MR) is 72.2 cm³/mol. The summed E-state index contributed by atoms with van der Waals surface area (Å²) in [5.41, 5.74) is 2.93. The van der Waals surface area contributed by atoms with E-state index in [1.165, 1.54) is 18.3 Å². The predicted octanol–water partition coefficient (Wildman–Crippen LogP) is 3.06. The number of hydrogen-bond donors (Lipinski definition) is 3. The van der Waals surface area contributed by atoms with Gasteiger partial charge in [0.25, 0.3) is 0 Å². The van der Waals surface area contributed by atoms with Crippen LogP contribution in [0.25, 0.3) is 0 Å². The molecule has 0 aliphatic rings. The van der Waals surface area contributed by atoms with Crippen molar-refractivity contribution in [3.63, 3.8) is 0 Å². The Bertz CT molecular complexity index is 580. The van der Waals surface area contributed by atoms with Crippen molar-refractivity contribution >= 4 is 45.0 Å². The summed E-state index contributed by atoms with van der Waals surface area (Å²) >= 11 is 8.97. The highest BCUT2D eigenvalue weighted by molar-refractivity contribution is 9.10. The fraction of sp³-hybridized carbons (Fsp3) is 0. The summed E-state index contributed by atoms with van der Waals surface area (Å²) < 4.78 is 13.7. The third-order valence-electron chi connectivity index (χ3n) is 2.06. The smallest absolute Gasteiger partial charge is 0.239 e. The molecule has 0 saturated heterocycles. The molecule has 8 heteroatoms. The van der Waals surface area contributed by atoms with Crippen LogP contribution in [-0.2, 0) is 0 Å². The average molecular weight is 333 g/mol. The number of anilines is 3. The van der Waals surface area contributed by atoms with Crippen LogP contribution in [0.3, 0.4) is 0 Å². The number of benzene rings is 1. The number of hydrazine groups is 1. The molecule has 5 nitrogen and oxygen atoms in total. The Balaban J connectivity index is 2.30. The molecule has 2 aromatic rings. The van der Waals surface area contributed by atoms with Gasteiger partial charge in [0.2, 0.25) is 5.95 Å². The summed E-state index contributed by atoms with van der Waals surface area (Å²) in [6.07, 6.45) is 1.54. The minimum Gasteiger partial charge on any atom is -0.339 e. The fourth-order valence-electron chi connectivity index (χ4n) is 1.23. The number of nitrogens with one attached hydrogen (secondary N) is 2. The van der Waals surface area contributed by atoms with Gasteiger partial charge in [0.1, 0.15) is 11.6 Å². The lowest BCUT2D eigenvalue weighted by atomic mass is 10.3. The summed E-state index contributed by atoms with van der Waals surface area (Å²) in [6.45, 7) is 0. The highest BCUT2D eigenvalue weighted by atomic mass is 79.9. The van der Waals surface area contributed by atoms with E-state index >= 15 is 0 Å². The quantitative estimate of drug-likeness (QED) is 0.595. The zero-order chi connectivity index (χ0) is 13.1. The van der Waals surface area contributed by atoms with Gasteiger partial charge in [-0.25, -0.2) is 15.2 Å². The van der Waals surface area contributed by atoms with Crippen molar-refractivity contribution in [3.05, 3.63) is 39.7 Å². The summed E-state index contributed by atoms with van der Waals surface area (Å²) in [5, 5.41) is 3.00. The van der Waals surface area contributed by atoms with E-state index in [1.807, 2.05) is 0 Å². The van der Waals surface area contributed by atoms with E-state index in [0.717, 1.165) is 0 Å². The Morgan fingerprint density at radius 3 is 2.83 bits per heavy atom. The SMILES string of the molecule is NNc1ncc(Br)c(Nc2ccc(F)c(Cl)c2)n1. The molecule has 0 radical (unpaired) electrons. The molecular formula is C10H8BrClFN5. The number of hydrogen-bond acceptors (Lipinski definition) is 5. The van der Waals surface area contributed by atoms with E-state index < -0.39 is 5.82 Å². The fourth-order valence-corrected chi connectivity index (χ4v) is 1.71. The summed E-state index contributed by atoms with van der Waals surface area (Å²) in [6, 6.07) is 4.27. The van der Waals surface area contributed by atoms with Gasteiger partial charge in [0.15, 0.2) is 0 Å². The topological polar surface area (TPSA) is 75.9 Å². The molecule has 0 aliphatic carbocycles. The molecule has 1 aromatic heterocycles. The second-order valence-electron chi connectivity index (χ2n) is 3.29. The van der Waals surface area contributed by atoms with Gasteiger partial charge in [-0.3, -0.25) is 5.43 Å². The minimum absolute atomic E-state index is 0.0300. The maximum atomic E-state index is 13.0. The van der Waals surface area contributed by atoms with Crippen LogP contribution in [0.4, 0.5) is 21.8 Å². The van der Waals surface area contributed by atoms with E-state index in [-0.39, 0.29) is 11.0 Å². The van der Waals surface area contributed by atoms with Crippen molar-refractivity contribution in [2.75, 3.05) is 10.7 Å². The molecule has 0 bridgehead atoms. The highest BCUT2D eigenvalue weighted by Crippen LogP contribution is 2.26. The molecule has 0 fully saturated rings. The molecule has 94 valence electrons. The zero-order valence-corrected chi connectivity index (χ0v) is 11.3. The molecule has 0 aliphatic heterocycles. The van der Waals surface area contributed by atoms with Gasteiger partial charge in [0, 0.05) is 11.9 Å². The van der Waals surface area contributed by atoms with Crippen LogP contribution in [0.5, 0.6) is 0 Å². The Hall–Kier alpha value is -1.44. The lowest BCUT2D eigenvalue weighted by molar-refractivity contribution is 0.628. The normalized spacial score (nSPS) is 10.2. The first-order valence-electron chi connectivity index (χ1n) is 4.81. The highest BCUT2D eigenvalue weighted by Gasteiger charge is 2.06. The average Bonchev–Trinajstić information content (AvgIpc) is 2.36. The first-order valence-corrected chi connectivity index (χ1v) is 5.98. The van der Waals surface area contributed by atoms with Crippen LogP contribution >= 0.6 is 27.5 Å². The molecule has 1 aromatic carbocycles. The van der Waals surface area contributed by atoms with Crippen LogP contribution in [0, 0.1) is 5.82 Å². The van der Waals surface area contributed by atoms with E-state index in [2.05, 4.69) is 36.6 Å². The van der Waals surface area contributed by atoms with Crippen LogP contribution in [-0.4, -0.2) is 9.97 Å². The van der Waals surface area contributed by atoms with Gasteiger partial charge in [-0.05, 0) is 34.1 Å². The van der Waals surface area contributed by atoms with E-state index in [4.69, 9.17) is 17.4 Å². The van der Waals surface area contributed by atoms with Crippen molar-refractivity contribution in [3.8, 4) is 0 Å². The first-order chi connectivity index (χ1) is 8.60. The molecule has 0 spiro atoms. The van der Waals surface area contributed by atoms with Gasteiger partial charge in [-0.2, -0.15) is 4.98 Å². The minimum atomic E-state index is -0.478. The largest absolute Gasteiger partial charge is 0.339 e. The third kappa shape index (κ3) is 2.87. The molecule has 4 N–H and O–H groups in total. The summed E-state index contributed by atoms with van der Waals surface area (Å²) in [7, 11) is 0. The number of rotatable bonds is 3. The second kappa shape index (κ2) is 5.47. The van der Waals surface area contributed by atoms with E-state index in [0.29, 0.717) is 16.0 Å². The van der Waals surface area contributed by atoms with Gasteiger partial charge in [0.05, 0.1) is 9.50 Å². The molecule has 0 amide bonds. The molecule has 2 rings (SSSR count). The summed E-state index contributed by atoms with van der Waals surface area (Å²) in [5.74, 6) is 5.48. The number of halogens is 3. The Labute approximate surface area is 116 Å². The van der Waals surface area contributed by atoms with Crippen LogP contribution in [0.15, 0.2) is 28.9 Å². The van der Waals surface area contributed by atoms with Crippen molar-refractivity contribution in [2.24, 2.45) is 5.84 Å². The Morgan fingerprint density at radius 1 is 1.39 bits per heavy atom. The molecule has 1 heterocycles. The van der Waals surface area contributed by atoms with Crippen LogP contribution in [0.2, 0.25) is 5.02 Å². The van der Waals surface area contributed by atoms with Gasteiger partial charge in [-0.15, -0.1) is 0 Å². The first kappa shape index (κ1) is 13.0. The van der Waals surface area contributed by atoms with Crippen molar-refractivity contribution in [1.82, 2.24) is 9.97 Å². The van der Waals surface area contributed by atoms with Crippen molar-refractivity contribution in [2.45, 2.75) is 0 Å². The van der Waals surface area contributed by atoms with Crippen LogP contribution < -0.4 is 16.6 Å². The monoisotopic (exact) mass is 331 g/mol.